The summed E-state index contributed by atoms with van der Waals surface area (Å²) < 4.78 is 0. The van der Waals surface area contributed by atoms with E-state index < -0.39 is 18.2 Å². The van der Waals surface area contributed by atoms with Crippen molar-refractivity contribution in [3.63, 3.8) is 0 Å². The lowest BCUT2D eigenvalue weighted by molar-refractivity contribution is -0.124. The van der Waals surface area contributed by atoms with Crippen LogP contribution in [-0.2, 0) is 4.79 Å². The number of allylic oxidation sites excluding steroid dienone is 2. The van der Waals surface area contributed by atoms with Crippen LogP contribution in [0.25, 0.3) is 0 Å². The van der Waals surface area contributed by atoms with Gasteiger partial charge < -0.3 is 20.6 Å². The van der Waals surface area contributed by atoms with Crippen molar-refractivity contribution >= 4 is 5.91 Å². The first kappa shape index (κ1) is 58.1. The van der Waals surface area contributed by atoms with Crippen LogP contribution in [0.2, 0.25) is 0 Å². The molecule has 4 N–H and O–H groups in total. The van der Waals surface area contributed by atoms with Gasteiger partial charge in [-0.15, -0.1) is 0 Å². The van der Waals surface area contributed by atoms with Crippen molar-refractivity contribution in [3.05, 3.63) is 12.2 Å². The Morgan fingerprint density at radius 3 is 0.983 bits per heavy atom. The normalized spacial score (nSPS) is 13.4. The van der Waals surface area contributed by atoms with Crippen LogP contribution >= 0.6 is 0 Å². The van der Waals surface area contributed by atoms with Crippen LogP contribution < -0.4 is 5.32 Å². The molecule has 3 atom stereocenters. The molecule has 0 fully saturated rings. The van der Waals surface area contributed by atoms with E-state index >= 15 is 0 Å². The quantitative estimate of drug-likeness (QED) is 0.0363. The molecular formula is C54H107NO4. The molecule has 0 saturated heterocycles. The van der Waals surface area contributed by atoms with Crippen molar-refractivity contribution in [2.24, 2.45) is 0 Å². The molecule has 0 aliphatic heterocycles. The number of aliphatic hydroxyl groups excluding tert-OH is 3. The molecule has 0 radical (unpaired) electrons. The average Bonchev–Trinajstić information content (AvgIpc) is 3.24. The van der Waals surface area contributed by atoms with E-state index in [4.69, 9.17) is 0 Å². The lowest BCUT2D eigenvalue weighted by Gasteiger charge is -2.26. The molecule has 1 amide bonds. The van der Waals surface area contributed by atoms with Crippen LogP contribution in [0.1, 0.15) is 303 Å². The number of carbonyl (C=O) groups is 1. The number of hydrogen-bond acceptors (Lipinski definition) is 4. The average molecular weight is 834 g/mol. The first-order valence-electron chi connectivity index (χ1n) is 27.0. The van der Waals surface area contributed by atoms with Gasteiger partial charge in [-0.3, -0.25) is 4.79 Å². The Hall–Kier alpha value is -0.910. The summed E-state index contributed by atoms with van der Waals surface area (Å²) >= 11 is 0. The second kappa shape index (κ2) is 49.7. The van der Waals surface area contributed by atoms with Gasteiger partial charge in [0, 0.05) is 6.42 Å². The van der Waals surface area contributed by atoms with E-state index in [0.717, 1.165) is 32.1 Å². The van der Waals surface area contributed by atoms with Gasteiger partial charge in [0.15, 0.2) is 0 Å². The standard InChI is InChI=1S/C54H107NO4/c1-3-5-7-9-11-13-15-17-19-20-21-22-23-24-25-26-27-28-29-30-31-32-33-34-35-37-39-41-43-45-47-49-53(58)55-51(50-56)54(59)52(57)48-46-44-42-40-38-36-18-16-14-12-10-8-6-4-2/h24-25,51-52,54,56-57,59H,3-23,26-50H2,1-2H3,(H,55,58)/b25-24-. The molecule has 0 spiro atoms. The third-order valence-corrected chi connectivity index (χ3v) is 12.9. The molecule has 0 aromatic heterocycles. The molecule has 5 nitrogen and oxygen atoms in total. The maximum absolute atomic E-state index is 12.5. The van der Waals surface area contributed by atoms with Crippen molar-refractivity contribution in [1.29, 1.82) is 0 Å². The fourth-order valence-electron chi connectivity index (χ4n) is 8.69. The van der Waals surface area contributed by atoms with Crippen molar-refractivity contribution in [2.75, 3.05) is 6.61 Å². The first-order valence-corrected chi connectivity index (χ1v) is 27.0. The van der Waals surface area contributed by atoms with Crippen molar-refractivity contribution in [2.45, 2.75) is 321 Å². The Kier molecular flexibility index (Phi) is 49.0. The number of rotatable bonds is 50. The van der Waals surface area contributed by atoms with E-state index in [1.165, 1.54) is 244 Å². The summed E-state index contributed by atoms with van der Waals surface area (Å²) in [5, 5.41) is 33.7. The molecule has 0 saturated carbocycles. The summed E-state index contributed by atoms with van der Waals surface area (Å²) in [7, 11) is 0. The molecule has 3 unspecified atom stereocenters. The minimum atomic E-state index is -1.13. The van der Waals surface area contributed by atoms with Crippen LogP contribution in [0.15, 0.2) is 12.2 Å². The van der Waals surface area contributed by atoms with Crippen LogP contribution in [-0.4, -0.2) is 46.1 Å². The SMILES string of the molecule is CCCCCCCCCCCCCC/C=C\CCCCCCCCCCCCCCCCCC(=O)NC(CO)C(O)C(O)CCCCCCCCCCCCCCCC. The number of aliphatic hydroxyl groups is 3. The van der Waals surface area contributed by atoms with Crippen molar-refractivity contribution in [1.82, 2.24) is 5.32 Å². The van der Waals surface area contributed by atoms with Gasteiger partial charge in [-0.1, -0.05) is 270 Å². The third kappa shape index (κ3) is 44.9. The van der Waals surface area contributed by atoms with E-state index in [0.29, 0.717) is 12.8 Å². The van der Waals surface area contributed by atoms with E-state index in [1.54, 1.807) is 0 Å². The molecule has 352 valence electrons. The zero-order chi connectivity index (χ0) is 43.0. The summed E-state index contributed by atoms with van der Waals surface area (Å²) in [5.74, 6) is -0.139. The predicted octanol–water partition coefficient (Wildman–Crippen LogP) is 16.3. The second-order valence-electron chi connectivity index (χ2n) is 18.8. The maximum atomic E-state index is 12.5. The number of hydrogen-bond donors (Lipinski definition) is 4. The highest BCUT2D eigenvalue weighted by Crippen LogP contribution is 2.18. The third-order valence-electron chi connectivity index (χ3n) is 12.9. The molecule has 0 aliphatic carbocycles. The van der Waals surface area contributed by atoms with Crippen LogP contribution in [0.3, 0.4) is 0 Å². The lowest BCUT2D eigenvalue weighted by atomic mass is 9.99. The summed E-state index contributed by atoms with van der Waals surface area (Å²) in [4.78, 5) is 12.5. The summed E-state index contributed by atoms with van der Waals surface area (Å²) in [6.07, 6.45) is 60.8. The van der Waals surface area contributed by atoms with Crippen LogP contribution in [0.4, 0.5) is 0 Å². The molecule has 5 heteroatoms. The number of amides is 1. The van der Waals surface area contributed by atoms with E-state index in [9.17, 15) is 20.1 Å². The van der Waals surface area contributed by atoms with Gasteiger partial charge >= 0.3 is 0 Å². The fraction of sp³-hybridized carbons (Fsp3) is 0.944. The van der Waals surface area contributed by atoms with Crippen LogP contribution in [0, 0.1) is 0 Å². The minimum Gasteiger partial charge on any atom is -0.394 e. The highest BCUT2D eigenvalue weighted by atomic mass is 16.3. The molecule has 0 aromatic carbocycles. The van der Waals surface area contributed by atoms with Gasteiger partial charge in [0.2, 0.25) is 5.91 Å². The van der Waals surface area contributed by atoms with Crippen LogP contribution in [0.5, 0.6) is 0 Å². The van der Waals surface area contributed by atoms with Crippen molar-refractivity contribution in [3.8, 4) is 0 Å². The Morgan fingerprint density at radius 2 is 0.678 bits per heavy atom. The first-order chi connectivity index (χ1) is 29.1. The Labute approximate surface area is 369 Å². The molecule has 0 rings (SSSR count). The second-order valence-corrected chi connectivity index (χ2v) is 18.8. The highest BCUT2D eigenvalue weighted by molar-refractivity contribution is 5.76. The highest BCUT2D eigenvalue weighted by Gasteiger charge is 2.26. The van der Waals surface area contributed by atoms with Gasteiger partial charge in [0.25, 0.3) is 0 Å². The Bertz CT molecular complexity index is 833. The summed E-state index contributed by atoms with van der Waals surface area (Å²) in [6, 6.07) is -0.805. The van der Waals surface area contributed by atoms with Gasteiger partial charge in [-0.05, 0) is 38.5 Å². The molecule has 59 heavy (non-hydrogen) atoms. The monoisotopic (exact) mass is 834 g/mol. The number of unbranched alkanes of at least 4 members (excludes halogenated alkanes) is 40. The van der Waals surface area contributed by atoms with E-state index in [-0.39, 0.29) is 12.5 Å². The van der Waals surface area contributed by atoms with E-state index in [2.05, 4.69) is 31.3 Å². The maximum Gasteiger partial charge on any atom is 0.220 e. The summed E-state index contributed by atoms with van der Waals surface area (Å²) in [6.45, 7) is 4.21. The van der Waals surface area contributed by atoms with Crippen molar-refractivity contribution < 1.29 is 20.1 Å². The Balaban J connectivity index is 3.48. The Morgan fingerprint density at radius 1 is 0.407 bits per heavy atom. The largest absolute Gasteiger partial charge is 0.394 e. The van der Waals surface area contributed by atoms with Gasteiger partial charge in [0.05, 0.1) is 18.8 Å². The smallest absolute Gasteiger partial charge is 0.220 e. The fourth-order valence-corrected chi connectivity index (χ4v) is 8.69. The topological polar surface area (TPSA) is 89.8 Å². The summed E-state index contributed by atoms with van der Waals surface area (Å²) in [5.41, 5.74) is 0. The molecular weight excluding hydrogens is 727 g/mol. The zero-order valence-electron chi connectivity index (χ0n) is 40.2. The molecule has 0 heterocycles. The van der Waals surface area contributed by atoms with Gasteiger partial charge in [-0.2, -0.15) is 0 Å². The molecule has 0 bridgehead atoms. The lowest BCUT2D eigenvalue weighted by Crippen LogP contribution is -2.50. The van der Waals surface area contributed by atoms with Gasteiger partial charge in [0.1, 0.15) is 6.10 Å². The molecule has 0 aromatic rings. The zero-order valence-corrected chi connectivity index (χ0v) is 40.2. The number of carbonyl (C=O) groups excluding carboxylic acids is 1. The molecule has 0 aliphatic rings. The minimum absolute atomic E-state index is 0.139. The predicted molar refractivity (Wildman–Crippen MR) is 259 cm³/mol. The van der Waals surface area contributed by atoms with E-state index in [1.807, 2.05) is 0 Å². The number of nitrogens with one attached hydrogen (secondary N) is 1. The van der Waals surface area contributed by atoms with Gasteiger partial charge in [-0.25, -0.2) is 0 Å².